The van der Waals surface area contributed by atoms with Crippen LogP contribution in [0.25, 0.3) is 11.0 Å². The zero-order valence-corrected chi connectivity index (χ0v) is 10.7. The Balaban J connectivity index is 1.98. The van der Waals surface area contributed by atoms with E-state index in [0.29, 0.717) is 5.82 Å². The fourth-order valence-corrected chi connectivity index (χ4v) is 2.18. The number of nitrogens with zero attached hydrogens (tertiary/aromatic N) is 3. The molecule has 0 aliphatic carbocycles. The van der Waals surface area contributed by atoms with Crippen LogP contribution < -0.4 is 11.3 Å². The average molecular weight is 253 g/mol. The minimum Gasteiger partial charge on any atom is -0.324 e. The molecule has 0 aliphatic rings. The lowest BCUT2D eigenvalue weighted by Crippen LogP contribution is -2.09. The second-order valence-electron chi connectivity index (χ2n) is 4.43. The number of hydrazine groups is 1. The molecule has 0 bridgehead atoms. The standard InChI is InChI=1S/C14H15N5/c1-10-17-12-4-2-3-5-13(12)19(10)9-11-6-7-14(18-15)16-8-11/h2-8H,9,15H2,1H3,(H,16,18). The van der Waals surface area contributed by atoms with Crippen molar-refractivity contribution in [2.24, 2.45) is 5.84 Å². The van der Waals surface area contributed by atoms with Crippen LogP contribution in [0.15, 0.2) is 42.6 Å². The molecule has 96 valence electrons. The molecule has 3 aromatic rings. The molecule has 0 unspecified atom stereocenters. The van der Waals surface area contributed by atoms with Crippen LogP contribution in [0.1, 0.15) is 11.4 Å². The number of nitrogens with two attached hydrogens (primary N) is 1. The molecule has 0 amide bonds. The van der Waals surface area contributed by atoms with Crippen LogP contribution in [-0.4, -0.2) is 14.5 Å². The van der Waals surface area contributed by atoms with Crippen molar-refractivity contribution in [2.75, 3.05) is 5.43 Å². The van der Waals surface area contributed by atoms with Crippen molar-refractivity contribution in [1.82, 2.24) is 14.5 Å². The van der Waals surface area contributed by atoms with Gasteiger partial charge in [0.15, 0.2) is 0 Å². The summed E-state index contributed by atoms with van der Waals surface area (Å²) in [4.78, 5) is 8.77. The molecule has 19 heavy (non-hydrogen) atoms. The van der Waals surface area contributed by atoms with E-state index >= 15 is 0 Å². The highest BCUT2D eigenvalue weighted by molar-refractivity contribution is 5.75. The van der Waals surface area contributed by atoms with Crippen LogP contribution in [0, 0.1) is 6.92 Å². The predicted molar refractivity (Wildman–Crippen MR) is 75.6 cm³/mol. The first-order valence-electron chi connectivity index (χ1n) is 6.11. The fraction of sp³-hybridized carbons (Fsp3) is 0.143. The molecule has 1 aromatic carbocycles. The average Bonchev–Trinajstić information content (AvgIpc) is 2.76. The zero-order valence-electron chi connectivity index (χ0n) is 10.7. The molecule has 3 rings (SSSR count). The first kappa shape index (κ1) is 11.7. The topological polar surface area (TPSA) is 68.8 Å². The Kier molecular flexibility index (Phi) is 2.89. The lowest BCUT2D eigenvalue weighted by Gasteiger charge is -2.07. The molecule has 0 fully saturated rings. The maximum atomic E-state index is 5.31. The molecule has 2 heterocycles. The molecule has 0 atom stereocenters. The quantitative estimate of drug-likeness (QED) is 0.554. The minimum atomic E-state index is 0.663. The van der Waals surface area contributed by atoms with E-state index in [2.05, 4.69) is 26.0 Å². The molecular formula is C14H15N5. The van der Waals surface area contributed by atoms with Crippen molar-refractivity contribution in [1.29, 1.82) is 0 Å². The normalized spacial score (nSPS) is 10.8. The number of para-hydroxylation sites is 2. The first-order valence-corrected chi connectivity index (χ1v) is 6.11. The van der Waals surface area contributed by atoms with Gasteiger partial charge in [-0.2, -0.15) is 0 Å². The number of fused-ring (bicyclic) bond motifs is 1. The summed E-state index contributed by atoms with van der Waals surface area (Å²) in [6.07, 6.45) is 1.82. The molecule has 0 saturated carbocycles. The van der Waals surface area contributed by atoms with Gasteiger partial charge in [0.05, 0.1) is 17.6 Å². The Morgan fingerprint density at radius 3 is 2.79 bits per heavy atom. The smallest absolute Gasteiger partial charge is 0.139 e. The minimum absolute atomic E-state index is 0.663. The van der Waals surface area contributed by atoms with Crippen LogP contribution >= 0.6 is 0 Å². The van der Waals surface area contributed by atoms with Gasteiger partial charge in [0, 0.05) is 6.20 Å². The second-order valence-corrected chi connectivity index (χ2v) is 4.43. The Morgan fingerprint density at radius 1 is 1.21 bits per heavy atom. The number of aromatic nitrogens is 3. The lowest BCUT2D eigenvalue weighted by molar-refractivity contribution is 0.782. The number of hydrogen-bond acceptors (Lipinski definition) is 4. The largest absolute Gasteiger partial charge is 0.324 e. The van der Waals surface area contributed by atoms with Crippen LogP contribution in [0.4, 0.5) is 5.82 Å². The monoisotopic (exact) mass is 253 g/mol. The molecule has 0 saturated heterocycles. The van der Waals surface area contributed by atoms with E-state index in [1.807, 2.05) is 43.5 Å². The van der Waals surface area contributed by atoms with Crippen molar-refractivity contribution in [3.05, 3.63) is 54.0 Å². The van der Waals surface area contributed by atoms with Gasteiger partial charge in [-0.3, -0.25) is 0 Å². The number of hydrogen-bond donors (Lipinski definition) is 2. The van der Waals surface area contributed by atoms with E-state index in [4.69, 9.17) is 5.84 Å². The van der Waals surface area contributed by atoms with Gasteiger partial charge < -0.3 is 9.99 Å². The Hall–Kier alpha value is -2.40. The van der Waals surface area contributed by atoms with Gasteiger partial charge in [-0.25, -0.2) is 15.8 Å². The van der Waals surface area contributed by atoms with Gasteiger partial charge in [-0.05, 0) is 30.7 Å². The van der Waals surface area contributed by atoms with Gasteiger partial charge in [0.25, 0.3) is 0 Å². The number of nitrogen functional groups attached to an aromatic ring is 1. The van der Waals surface area contributed by atoms with Crippen molar-refractivity contribution < 1.29 is 0 Å². The van der Waals surface area contributed by atoms with E-state index in [0.717, 1.165) is 29.0 Å². The number of rotatable bonds is 3. The van der Waals surface area contributed by atoms with Crippen molar-refractivity contribution >= 4 is 16.9 Å². The van der Waals surface area contributed by atoms with E-state index in [1.54, 1.807) is 0 Å². The summed E-state index contributed by atoms with van der Waals surface area (Å²) in [7, 11) is 0. The molecule has 5 nitrogen and oxygen atoms in total. The van der Waals surface area contributed by atoms with Crippen LogP contribution in [0.3, 0.4) is 0 Å². The number of nitrogens with one attached hydrogen (secondary N) is 1. The van der Waals surface area contributed by atoms with Crippen LogP contribution in [0.2, 0.25) is 0 Å². The summed E-state index contributed by atoms with van der Waals surface area (Å²) in [5.41, 5.74) is 5.80. The number of pyridine rings is 1. The maximum Gasteiger partial charge on any atom is 0.139 e. The van der Waals surface area contributed by atoms with Crippen LogP contribution in [0.5, 0.6) is 0 Å². The third-order valence-corrected chi connectivity index (χ3v) is 3.16. The molecule has 3 N–H and O–H groups in total. The first-order chi connectivity index (χ1) is 9.28. The molecule has 5 heteroatoms. The Morgan fingerprint density at radius 2 is 2.05 bits per heavy atom. The number of imidazole rings is 1. The molecule has 0 spiro atoms. The summed E-state index contributed by atoms with van der Waals surface area (Å²) in [6.45, 7) is 2.77. The number of anilines is 1. The zero-order chi connectivity index (χ0) is 13.2. The predicted octanol–water partition coefficient (Wildman–Crippen LogP) is 2.07. The fourth-order valence-electron chi connectivity index (χ4n) is 2.18. The summed E-state index contributed by atoms with van der Waals surface area (Å²) in [5.74, 6) is 6.97. The summed E-state index contributed by atoms with van der Waals surface area (Å²) >= 11 is 0. The lowest BCUT2D eigenvalue weighted by atomic mass is 10.2. The van der Waals surface area contributed by atoms with Gasteiger partial charge in [-0.15, -0.1) is 0 Å². The van der Waals surface area contributed by atoms with E-state index in [9.17, 15) is 0 Å². The number of benzene rings is 1. The summed E-state index contributed by atoms with van der Waals surface area (Å²) in [6, 6.07) is 12.0. The Labute approximate surface area is 111 Å². The molecular weight excluding hydrogens is 238 g/mol. The highest BCUT2D eigenvalue weighted by Crippen LogP contribution is 2.17. The Bertz CT molecular complexity index is 699. The third kappa shape index (κ3) is 2.15. The molecule has 0 radical (unpaired) electrons. The maximum absolute atomic E-state index is 5.31. The molecule has 0 aliphatic heterocycles. The molecule has 2 aromatic heterocycles. The van der Waals surface area contributed by atoms with Gasteiger partial charge in [0.1, 0.15) is 11.6 Å². The number of aryl methyl sites for hydroxylation is 1. The van der Waals surface area contributed by atoms with Crippen molar-refractivity contribution in [3.63, 3.8) is 0 Å². The van der Waals surface area contributed by atoms with Gasteiger partial charge >= 0.3 is 0 Å². The summed E-state index contributed by atoms with van der Waals surface area (Å²) in [5, 5.41) is 0. The SMILES string of the molecule is Cc1nc2ccccc2n1Cc1ccc(NN)nc1. The van der Waals surface area contributed by atoms with E-state index in [1.165, 1.54) is 0 Å². The van der Waals surface area contributed by atoms with Gasteiger partial charge in [0.2, 0.25) is 0 Å². The van der Waals surface area contributed by atoms with Crippen LogP contribution in [-0.2, 0) is 6.54 Å². The highest BCUT2D eigenvalue weighted by atomic mass is 15.2. The van der Waals surface area contributed by atoms with E-state index in [-0.39, 0.29) is 0 Å². The van der Waals surface area contributed by atoms with Crippen molar-refractivity contribution in [3.8, 4) is 0 Å². The second kappa shape index (κ2) is 4.70. The summed E-state index contributed by atoms with van der Waals surface area (Å²) < 4.78 is 2.18. The highest BCUT2D eigenvalue weighted by Gasteiger charge is 2.07. The third-order valence-electron chi connectivity index (χ3n) is 3.16. The van der Waals surface area contributed by atoms with E-state index < -0.39 is 0 Å². The van der Waals surface area contributed by atoms with Gasteiger partial charge in [-0.1, -0.05) is 18.2 Å². The van der Waals surface area contributed by atoms with Crippen molar-refractivity contribution in [2.45, 2.75) is 13.5 Å².